The van der Waals surface area contributed by atoms with Gasteiger partial charge in [-0.25, -0.2) is 26.7 Å². The van der Waals surface area contributed by atoms with Gasteiger partial charge in [0.25, 0.3) is 0 Å². The Labute approximate surface area is 178 Å². The molecule has 0 saturated heterocycles. The van der Waals surface area contributed by atoms with E-state index in [0.29, 0.717) is 16.8 Å². The molecule has 1 heterocycles. The summed E-state index contributed by atoms with van der Waals surface area (Å²) in [6, 6.07) is 9.16. The molecule has 0 bridgehead atoms. The lowest BCUT2D eigenvalue weighted by Gasteiger charge is -2.10. The molecule has 3 N–H and O–H groups in total. The Balaban J connectivity index is 1.51. The average molecular weight is 449 g/mol. The van der Waals surface area contributed by atoms with Crippen molar-refractivity contribution < 1.29 is 22.0 Å². The molecule has 164 valence electrons. The predicted octanol–water partition coefficient (Wildman–Crippen LogP) is 3.33. The topological polar surface area (TPSA) is 105 Å². The van der Waals surface area contributed by atoms with Crippen LogP contribution in [0.4, 0.5) is 25.1 Å². The summed E-state index contributed by atoms with van der Waals surface area (Å²) in [6.45, 7) is 3.13. The van der Waals surface area contributed by atoms with Crippen molar-refractivity contribution in [2.75, 3.05) is 22.3 Å². The average Bonchev–Trinajstić information content (AvgIpc) is 3.12. The van der Waals surface area contributed by atoms with Crippen LogP contribution in [-0.2, 0) is 10.0 Å². The van der Waals surface area contributed by atoms with Gasteiger partial charge >= 0.3 is 6.03 Å². The van der Waals surface area contributed by atoms with Crippen LogP contribution in [0.2, 0.25) is 0 Å². The van der Waals surface area contributed by atoms with Crippen LogP contribution < -0.4 is 15.4 Å². The smallest absolute Gasteiger partial charge is 0.320 e. The zero-order chi connectivity index (χ0) is 22.6. The highest BCUT2D eigenvalue weighted by atomic mass is 32.2. The maximum absolute atomic E-state index is 13.5. The third-order valence-electron chi connectivity index (χ3n) is 4.34. The zero-order valence-corrected chi connectivity index (χ0v) is 17.6. The van der Waals surface area contributed by atoms with Crippen LogP contribution in [0, 0.1) is 25.5 Å². The van der Waals surface area contributed by atoms with E-state index in [9.17, 15) is 22.0 Å². The van der Waals surface area contributed by atoms with Crippen molar-refractivity contribution in [1.29, 1.82) is 0 Å². The number of sulfonamides is 1. The number of benzene rings is 2. The Hall–Kier alpha value is -3.47. The maximum atomic E-state index is 13.5. The van der Waals surface area contributed by atoms with Gasteiger partial charge in [0.05, 0.1) is 17.1 Å². The molecule has 0 aliphatic rings. The molecule has 0 saturated carbocycles. The second kappa shape index (κ2) is 9.13. The van der Waals surface area contributed by atoms with Crippen molar-refractivity contribution in [2.24, 2.45) is 0 Å². The number of nitrogens with one attached hydrogen (secondary N) is 3. The van der Waals surface area contributed by atoms with Crippen molar-refractivity contribution in [3.63, 3.8) is 0 Å². The molecule has 0 aliphatic carbocycles. The van der Waals surface area contributed by atoms with Crippen molar-refractivity contribution >= 4 is 27.6 Å². The Morgan fingerprint density at radius 2 is 1.84 bits per heavy atom. The summed E-state index contributed by atoms with van der Waals surface area (Å²) in [5, 5.41) is 9.11. The highest BCUT2D eigenvalue weighted by molar-refractivity contribution is 7.92. The molecule has 0 radical (unpaired) electrons. The second-order valence-electron chi connectivity index (χ2n) is 6.84. The molecule has 8 nitrogen and oxygen atoms in total. The van der Waals surface area contributed by atoms with Gasteiger partial charge in [0.1, 0.15) is 11.6 Å². The Morgan fingerprint density at radius 3 is 2.55 bits per heavy atom. The third kappa shape index (κ3) is 6.01. The molecule has 11 heteroatoms. The number of aryl methyl sites for hydroxylation is 2. The fourth-order valence-electron chi connectivity index (χ4n) is 2.75. The fourth-order valence-corrected chi connectivity index (χ4v) is 3.71. The summed E-state index contributed by atoms with van der Waals surface area (Å²) in [6.07, 6.45) is 1.60. The van der Waals surface area contributed by atoms with E-state index in [0.717, 1.165) is 6.07 Å². The first-order valence-electron chi connectivity index (χ1n) is 9.27. The number of anilines is 2. The number of hydrogen-bond acceptors (Lipinski definition) is 4. The number of hydrogen-bond donors (Lipinski definition) is 3. The van der Waals surface area contributed by atoms with E-state index < -0.39 is 27.6 Å². The highest BCUT2D eigenvalue weighted by Crippen LogP contribution is 2.17. The summed E-state index contributed by atoms with van der Waals surface area (Å²) in [7, 11) is -3.78. The molecule has 3 aromatic rings. The van der Waals surface area contributed by atoms with Crippen LogP contribution in [0.1, 0.15) is 11.1 Å². The van der Waals surface area contributed by atoms with E-state index >= 15 is 0 Å². The summed E-state index contributed by atoms with van der Waals surface area (Å²) in [5.41, 5.74) is 1.83. The minimum Gasteiger partial charge on any atom is -0.337 e. The molecular formula is C20H21F2N5O3S. The fraction of sp³-hybridized carbons (Fsp3) is 0.200. The zero-order valence-electron chi connectivity index (χ0n) is 16.8. The first-order chi connectivity index (χ1) is 14.6. The standard InChI is InChI=1S/C20H21F2N5O3S/c1-13-3-5-16(12-17(13)22)26-31(29,30)10-8-23-20(28)24-19-7-9-27(25-19)18-6-4-15(21)11-14(18)2/h3-7,9,11-12,26H,8,10H2,1-2H3,(H2,23,24,25,28). The van der Waals surface area contributed by atoms with E-state index in [1.807, 2.05) is 0 Å². The Morgan fingerprint density at radius 1 is 1.06 bits per heavy atom. The number of rotatable bonds is 7. The molecular weight excluding hydrogens is 428 g/mol. The minimum atomic E-state index is -3.78. The Bertz CT molecular complexity index is 1210. The van der Waals surface area contributed by atoms with Crippen molar-refractivity contribution in [3.8, 4) is 5.69 Å². The van der Waals surface area contributed by atoms with E-state index in [2.05, 4.69) is 20.5 Å². The minimum absolute atomic E-state index is 0.106. The summed E-state index contributed by atoms with van der Waals surface area (Å²) < 4.78 is 54.7. The Kier molecular flexibility index (Phi) is 6.54. The van der Waals surface area contributed by atoms with Gasteiger partial charge in [-0.2, -0.15) is 0 Å². The molecule has 2 aromatic carbocycles. The summed E-state index contributed by atoms with van der Waals surface area (Å²) in [4.78, 5) is 12.0. The van der Waals surface area contributed by atoms with Gasteiger partial charge in [-0.05, 0) is 55.3 Å². The van der Waals surface area contributed by atoms with Crippen LogP contribution in [-0.4, -0.2) is 36.5 Å². The lowest BCUT2D eigenvalue weighted by Crippen LogP contribution is -2.34. The summed E-state index contributed by atoms with van der Waals surface area (Å²) >= 11 is 0. The lowest BCUT2D eigenvalue weighted by molar-refractivity contribution is 0.252. The number of aromatic nitrogens is 2. The van der Waals surface area contributed by atoms with Crippen molar-refractivity contribution in [2.45, 2.75) is 13.8 Å². The van der Waals surface area contributed by atoms with E-state index in [1.54, 1.807) is 32.2 Å². The molecule has 1 aromatic heterocycles. The van der Waals surface area contributed by atoms with Gasteiger partial charge in [0.2, 0.25) is 10.0 Å². The number of halogens is 2. The number of nitrogens with zero attached hydrogens (tertiary/aromatic N) is 2. The van der Waals surface area contributed by atoms with Crippen LogP contribution in [0.25, 0.3) is 5.69 Å². The first kappa shape index (κ1) is 22.2. The van der Waals surface area contributed by atoms with E-state index in [4.69, 9.17) is 0 Å². The SMILES string of the molecule is Cc1ccc(NS(=O)(=O)CCNC(=O)Nc2ccn(-c3ccc(F)cc3C)n2)cc1F. The van der Waals surface area contributed by atoms with Crippen molar-refractivity contribution in [1.82, 2.24) is 15.1 Å². The quantitative estimate of drug-likeness (QED) is 0.515. The largest absolute Gasteiger partial charge is 0.337 e. The van der Waals surface area contributed by atoms with Gasteiger partial charge in [-0.15, -0.1) is 5.10 Å². The number of carbonyl (C=O) groups excluding carboxylic acids is 1. The molecule has 0 unspecified atom stereocenters. The maximum Gasteiger partial charge on any atom is 0.320 e. The third-order valence-corrected chi connectivity index (χ3v) is 5.63. The predicted molar refractivity (Wildman–Crippen MR) is 114 cm³/mol. The number of urea groups is 1. The normalized spacial score (nSPS) is 11.2. The summed E-state index contributed by atoms with van der Waals surface area (Å²) in [5.74, 6) is -1.05. The van der Waals surface area contributed by atoms with Gasteiger partial charge in [-0.3, -0.25) is 10.0 Å². The number of amides is 2. The molecule has 31 heavy (non-hydrogen) atoms. The van der Waals surface area contributed by atoms with Gasteiger partial charge in [0.15, 0.2) is 5.82 Å². The molecule has 0 aliphatic heterocycles. The van der Waals surface area contributed by atoms with Gasteiger partial charge < -0.3 is 5.32 Å². The molecule has 3 rings (SSSR count). The van der Waals surface area contributed by atoms with Gasteiger partial charge in [0, 0.05) is 18.8 Å². The van der Waals surface area contributed by atoms with E-state index in [-0.39, 0.29) is 23.9 Å². The molecule has 0 atom stereocenters. The molecule has 0 spiro atoms. The number of carbonyl (C=O) groups is 1. The lowest BCUT2D eigenvalue weighted by atomic mass is 10.2. The molecule has 0 fully saturated rings. The van der Waals surface area contributed by atoms with E-state index in [1.165, 1.54) is 28.9 Å². The second-order valence-corrected chi connectivity index (χ2v) is 8.68. The first-order valence-corrected chi connectivity index (χ1v) is 10.9. The highest BCUT2D eigenvalue weighted by Gasteiger charge is 2.13. The van der Waals surface area contributed by atoms with Gasteiger partial charge in [-0.1, -0.05) is 6.07 Å². The van der Waals surface area contributed by atoms with Crippen molar-refractivity contribution in [3.05, 3.63) is 71.4 Å². The van der Waals surface area contributed by atoms with Crippen LogP contribution >= 0.6 is 0 Å². The molecule has 2 amide bonds. The van der Waals surface area contributed by atoms with Crippen LogP contribution in [0.5, 0.6) is 0 Å². The van der Waals surface area contributed by atoms with Crippen LogP contribution in [0.15, 0.2) is 48.7 Å². The monoisotopic (exact) mass is 449 g/mol. The van der Waals surface area contributed by atoms with Crippen LogP contribution in [0.3, 0.4) is 0 Å².